The fourth-order valence-corrected chi connectivity index (χ4v) is 3.93. The van der Waals surface area contributed by atoms with Crippen molar-refractivity contribution < 1.29 is 36.3 Å². The van der Waals surface area contributed by atoms with Crippen molar-refractivity contribution in [2.24, 2.45) is 5.92 Å². The number of nitrogen functional groups attached to an aromatic ring is 1. The highest BCUT2D eigenvalue weighted by Gasteiger charge is 2.32. The van der Waals surface area contributed by atoms with Crippen molar-refractivity contribution in [3.05, 3.63) is 77.2 Å². The van der Waals surface area contributed by atoms with E-state index in [0.717, 1.165) is 31.0 Å². The van der Waals surface area contributed by atoms with E-state index in [0.29, 0.717) is 5.56 Å². The molecular weight excluding hydrogens is 534 g/mol. The minimum absolute atomic E-state index is 0.0145. The van der Waals surface area contributed by atoms with Crippen molar-refractivity contribution in [1.82, 2.24) is 15.2 Å². The van der Waals surface area contributed by atoms with Crippen LogP contribution >= 0.6 is 0 Å². The molecule has 4 aromatic rings. The van der Waals surface area contributed by atoms with Gasteiger partial charge in [0.05, 0.1) is 5.56 Å². The summed E-state index contributed by atoms with van der Waals surface area (Å²) >= 11 is 0. The molecule has 1 aliphatic rings. The second kappa shape index (κ2) is 10.8. The zero-order valence-corrected chi connectivity index (χ0v) is 20.7. The van der Waals surface area contributed by atoms with Gasteiger partial charge in [-0.15, -0.1) is 5.10 Å². The Morgan fingerprint density at radius 3 is 2.48 bits per heavy atom. The third-order valence-electron chi connectivity index (χ3n) is 5.97. The van der Waals surface area contributed by atoms with E-state index in [4.69, 9.17) is 14.9 Å². The fraction of sp³-hybridized carbons (Fsp3) is 0.222. The lowest BCUT2D eigenvalue weighted by Gasteiger charge is -2.11. The van der Waals surface area contributed by atoms with Gasteiger partial charge in [-0.25, -0.2) is 9.37 Å². The summed E-state index contributed by atoms with van der Waals surface area (Å²) in [7, 11) is 0. The second-order valence-corrected chi connectivity index (χ2v) is 9.26. The van der Waals surface area contributed by atoms with Gasteiger partial charge >= 0.3 is 12.2 Å². The molecule has 40 heavy (non-hydrogen) atoms. The Morgan fingerprint density at radius 2 is 1.80 bits per heavy atom. The van der Waals surface area contributed by atoms with E-state index in [9.17, 15) is 27.2 Å². The Kier molecular flexibility index (Phi) is 7.20. The maximum absolute atomic E-state index is 14.8. The molecule has 1 amide bonds. The molecule has 0 spiro atoms. The molecule has 0 atom stereocenters. The van der Waals surface area contributed by atoms with E-state index in [-0.39, 0.29) is 65.0 Å². The predicted octanol–water partition coefficient (Wildman–Crippen LogP) is 5.37. The smallest absolute Gasteiger partial charge is 0.416 e. The van der Waals surface area contributed by atoms with Crippen LogP contribution in [0.15, 0.2) is 59.1 Å². The van der Waals surface area contributed by atoms with Gasteiger partial charge in [0.25, 0.3) is 0 Å². The maximum atomic E-state index is 14.8. The number of nitrogens with zero attached hydrogens (tertiary/aromatic N) is 3. The Bertz CT molecular complexity index is 1580. The van der Waals surface area contributed by atoms with E-state index in [2.05, 4.69) is 20.5 Å². The van der Waals surface area contributed by atoms with Gasteiger partial charge < -0.3 is 20.2 Å². The molecule has 0 unspecified atom stereocenters. The van der Waals surface area contributed by atoms with Gasteiger partial charge in [-0.3, -0.25) is 9.59 Å². The molecule has 1 saturated carbocycles. The molecular formula is C27H21F4N5O4. The number of anilines is 2. The van der Waals surface area contributed by atoms with E-state index in [1.54, 1.807) is 0 Å². The summed E-state index contributed by atoms with van der Waals surface area (Å²) in [6.45, 7) is 0. The number of hydrogen-bond donors (Lipinski definition) is 2. The number of alkyl halides is 3. The molecule has 0 aliphatic heterocycles. The highest BCUT2D eigenvalue weighted by Crippen LogP contribution is 2.34. The summed E-state index contributed by atoms with van der Waals surface area (Å²) in [6.07, 6.45) is -2.20. The highest BCUT2D eigenvalue weighted by molar-refractivity contribution is 5.93. The van der Waals surface area contributed by atoms with Gasteiger partial charge in [-0.1, -0.05) is 11.2 Å². The molecule has 206 valence electrons. The molecule has 2 aromatic heterocycles. The summed E-state index contributed by atoms with van der Waals surface area (Å²) in [6, 6.07) is 9.57. The average Bonchev–Trinajstić information content (AvgIpc) is 3.65. The number of ether oxygens (including phenoxy) is 1. The predicted molar refractivity (Wildman–Crippen MR) is 134 cm³/mol. The fourth-order valence-electron chi connectivity index (χ4n) is 3.93. The number of benzene rings is 2. The number of nitrogens with two attached hydrogens (primary N) is 1. The van der Waals surface area contributed by atoms with Crippen LogP contribution < -0.4 is 15.8 Å². The van der Waals surface area contributed by atoms with Crippen LogP contribution in [0.5, 0.6) is 11.5 Å². The molecule has 2 heterocycles. The third kappa shape index (κ3) is 6.60. The molecule has 3 N–H and O–H groups in total. The largest absolute Gasteiger partial charge is 0.454 e. The van der Waals surface area contributed by atoms with Gasteiger partial charge in [-0.2, -0.15) is 13.2 Å². The number of rotatable bonds is 9. The normalized spacial score (nSPS) is 13.2. The Morgan fingerprint density at radius 1 is 1.02 bits per heavy atom. The topological polar surface area (TPSA) is 133 Å². The van der Waals surface area contributed by atoms with Crippen LogP contribution in [0.1, 0.15) is 29.5 Å². The zero-order valence-electron chi connectivity index (χ0n) is 20.7. The van der Waals surface area contributed by atoms with Gasteiger partial charge in [0.1, 0.15) is 17.4 Å². The van der Waals surface area contributed by atoms with Crippen LogP contribution in [0, 0.1) is 11.7 Å². The summed E-state index contributed by atoms with van der Waals surface area (Å²) in [4.78, 5) is 28.7. The molecule has 0 radical (unpaired) electrons. The van der Waals surface area contributed by atoms with Crippen LogP contribution in [0.4, 0.5) is 29.4 Å². The number of ketones is 1. The van der Waals surface area contributed by atoms with Crippen molar-refractivity contribution in [3.8, 4) is 23.0 Å². The molecule has 9 nitrogen and oxygen atoms in total. The van der Waals surface area contributed by atoms with Crippen molar-refractivity contribution in [2.45, 2.75) is 31.9 Å². The van der Waals surface area contributed by atoms with Crippen molar-refractivity contribution in [2.75, 3.05) is 11.1 Å². The minimum atomic E-state index is -4.68. The number of halogens is 4. The summed E-state index contributed by atoms with van der Waals surface area (Å²) in [5.74, 6) is -1.17. The lowest BCUT2D eigenvalue weighted by molar-refractivity contribution is -0.137. The number of nitrogens with one attached hydrogen (secondary N) is 1. The number of hydrogen-bond acceptors (Lipinski definition) is 8. The average molecular weight is 555 g/mol. The molecule has 0 saturated heterocycles. The number of amides is 1. The maximum Gasteiger partial charge on any atom is 0.416 e. The van der Waals surface area contributed by atoms with Gasteiger partial charge in [-0.05, 0) is 60.4 Å². The number of carbonyl (C=O) groups is 2. The Hall–Kier alpha value is -4.81. The van der Waals surface area contributed by atoms with E-state index < -0.39 is 23.3 Å². The molecule has 0 bridgehead atoms. The summed E-state index contributed by atoms with van der Waals surface area (Å²) < 4.78 is 65.7. The lowest BCUT2D eigenvalue weighted by atomic mass is 9.98. The molecule has 13 heteroatoms. The molecule has 2 aromatic carbocycles. The first kappa shape index (κ1) is 26.8. The van der Waals surface area contributed by atoms with Gasteiger partial charge in [0, 0.05) is 36.6 Å². The van der Waals surface area contributed by atoms with Crippen LogP contribution in [0.25, 0.3) is 11.5 Å². The first-order valence-corrected chi connectivity index (χ1v) is 12.1. The molecule has 5 rings (SSSR count). The summed E-state index contributed by atoms with van der Waals surface area (Å²) in [5, 5.41) is 9.73. The van der Waals surface area contributed by atoms with Crippen LogP contribution in [-0.4, -0.2) is 26.9 Å². The van der Waals surface area contributed by atoms with Crippen LogP contribution in [-0.2, 0) is 28.6 Å². The van der Waals surface area contributed by atoms with Gasteiger partial charge in [0.15, 0.2) is 11.6 Å². The van der Waals surface area contributed by atoms with E-state index in [1.165, 1.54) is 36.5 Å². The quantitative estimate of drug-likeness (QED) is 0.264. The first-order chi connectivity index (χ1) is 19.0. The number of pyridine rings is 1. The molecule has 1 aliphatic carbocycles. The van der Waals surface area contributed by atoms with Gasteiger partial charge in [0.2, 0.25) is 11.8 Å². The summed E-state index contributed by atoms with van der Waals surface area (Å²) in [5.41, 5.74) is 4.70. The minimum Gasteiger partial charge on any atom is -0.454 e. The number of carbonyl (C=O) groups excluding carboxylic acids is 2. The highest BCUT2D eigenvalue weighted by atomic mass is 19.4. The number of aromatic nitrogens is 3. The first-order valence-electron chi connectivity index (χ1n) is 12.1. The number of Topliss-reactive ketones (excluding diaryl/α,β-unsaturated/α-hetero) is 1. The monoisotopic (exact) mass is 555 g/mol. The van der Waals surface area contributed by atoms with Crippen molar-refractivity contribution in [1.29, 1.82) is 0 Å². The Balaban J connectivity index is 1.26. The van der Waals surface area contributed by atoms with Crippen molar-refractivity contribution in [3.63, 3.8) is 0 Å². The van der Waals surface area contributed by atoms with E-state index >= 15 is 0 Å². The SMILES string of the molecule is Nc1nnc(-c2cc(CC(=O)Cc3ccc(Oc4ccnc(NC(=O)C5CC5)c4)c(F)c3)cc(C(F)(F)F)c2)o1. The van der Waals surface area contributed by atoms with Crippen molar-refractivity contribution >= 4 is 23.5 Å². The second-order valence-electron chi connectivity index (χ2n) is 9.26. The standard InChI is InChI=1S/C27H21F4N5O4/c28-21-11-14(1-4-22(21)39-20-5-6-33-23(13-20)34-24(38)16-2-3-16)9-19(37)10-15-7-17(25-35-36-26(32)40-25)12-18(8-15)27(29,30)31/h1,4-8,11-13,16H,2-3,9-10H2,(H2,32,36)(H,33,34,38). The Labute approximate surface area is 224 Å². The molecule has 1 fully saturated rings. The van der Waals surface area contributed by atoms with E-state index in [1.807, 2.05) is 0 Å². The zero-order chi connectivity index (χ0) is 28.4. The van der Waals surface area contributed by atoms with Crippen LogP contribution in [0.2, 0.25) is 0 Å². The third-order valence-corrected chi connectivity index (χ3v) is 5.97. The van der Waals surface area contributed by atoms with Crippen LogP contribution in [0.3, 0.4) is 0 Å². The lowest BCUT2D eigenvalue weighted by Crippen LogP contribution is -2.14.